The van der Waals surface area contributed by atoms with Crippen molar-refractivity contribution in [3.05, 3.63) is 46.4 Å². The number of hydrogen-bond acceptors (Lipinski definition) is 3. The number of hydrogen-bond donors (Lipinski definition) is 1. The van der Waals surface area contributed by atoms with E-state index in [1.54, 1.807) is 27.7 Å². The van der Waals surface area contributed by atoms with Gasteiger partial charge < -0.3 is 5.11 Å². The first kappa shape index (κ1) is 23.1. The molecule has 0 aromatic rings. The van der Waals surface area contributed by atoms with Gasteiger partial charge in [-0.3, -0.25) is 9.59 Å². The summed E-state index contributed by atoms with van der Waals surface area (Å²) in [6.07, 6.45) is 0.988. The number of carbonyl (C=O) groups excluding carboxylic acids is 2. The molecule has 1 aliphatic rings. The van der Waals surface area contributed by atoms with Gasteiger partial charge in [-0.25, -0.2) is 4.39 Å². The van der Waals surface area contributed by atoms with Crippen molar-refractivity contribution in [2.75, 3.05) is 0 Å². The van der Waals surface area contributed by atoms with Crippen LogP contribution in [-0.4, -0.2) is 22.3 Å². The summed E-state index contributed by atoms with van der Waals surface area (Å²) in [6, 6.07) is 0. The summed E-state index contributed by atoms with van der Waals surface area (Å²) in [5.74, 6) is -0.809. The van der Waals surface area contributed by atoms with Gasteiger partial charge in [0, 0.05) is 28.7 Å². The number of rotatable bonds is 9. The van der Waals surface area contributed by atoms with E-state index in [9.17, 15) is 27.9 Å². The zero-order valence-corrected chi connectivity index (χ0v) is 16.3. The van der Waals surface area contributed by atoms with E-state index < -0.39 is 17.5 Å². The van der Waals surface area contributed by atoms with Crippen LogP contribution in [0.3, 0.4) is 0 Å². The highest BCUT2D eigenvalue weighted by Crippen LogP contribution is 2.30. The van der Waals surface area contributed by atoms with Crippen LogP contribution in [0.5, 0.6) is 0 Å². The lowest BCUT2D eigenvalue weighted by Crippen LogP contribution is -2.26. The van der Waals surface area contributed by atoms with E-state index in [0.29, 0.717) is 28.4 Å². The molecule has 0 radical (unpaired) electrons. The molecule has 1 rings (SSSR count). The molecular formula is C21H27F3O3. The number of ketones is 2. The first-order valence-corrected chi connectivity index (χ1v) is 9.01. The molecule has 0 fully saturated rings. The van der Waals surface area contributed by atoms with E-state index in [1.807, 2.05) is 0 Å². The molecule has 1 atom stereocenters. The van der Waals surface area contributed by atoms with Crippen LogP contribution >= 0.6 is 0 Å². The normalized spacial score (nSPS) is 18.1. The van der Waals surface area contributed by atoms with Crippen molar-refractivity contribution in [2.24, 2.45) is 0 Å². The average molecular weight is 384 g/mol. The molecule has 0 aromatic carbocycles. The molecule has 0 saturated carbocycles. The monoisotopic (exact) mass is 384 g/mol. The van der Waals surface area contributed by atoms with Crippen molar-refractivity contribution >= 4 is 11.6 Å². The minimum atomic E-state index is -1.83. The molecule has 0 aliphatic heterocycles. The second-order valence-corrected chi connectivity index (χ2v) is 7.23. The van der Waals surface area contributed by atoms with Crippen LogP contribution in [-0.2, 0) is 9.59 Å². The maximum Gasteiger partial charge on any atom is 0.266 e. The minimum Gasteiger partial charge on any atom is -0.390 e. The zero-order chi connectivity index (χ0) is 20.8. The molecule has 0 aromatic heterocycles. The summed E-state index contributed by atoms with van der Waals surface area (Å²) in [7, 11) is 0. The molecule has 0 spiro atoms. The fourth-order valence-corrected chi connectivity index (χ4v) is 2.94. The summed E-state index contributed by atoms with van der Waals surface area (Å²) in [5, 5.41) is 10.5. The van der Waals surface area contributed by atoms with Gasteiger partial charge in [0.15, 0.2) is 11.6 Å². The van der Waals surface area contributed by atoms with Crippen molar-refractivity contribution in [2.45, 2.75) is 71.8 Å². The van der Waals surface area contributed by atoms with Gasteiger partial charge in [-0.15, -0.1) is 0 Å². The van der Waals surface area contributed by atoms with Gasteiger partial charge >= 0.3 is 0 Å². The Labute approximate surface area is 158 Å². The largest absolute Gasteiger partial charge is 0.390 e. The molecule has 27 heavy (non-hydrogen) atoms. The standard InChI is InChI=1S/C21H27F3O3/c1-13-14(2)20(26)17(15(3)19(13)25)10-12-21(4,27)11-6-8-16(22)7-5-9-18(23)24/h8-9,27H,5-7,10-12H2,1-4H3/b16-8-/t21-/m0/s1. The second kappa shape index (κ2) is 9.83. The topological polar surface area (TPSA) is 54.4 Å². The Morgan fingerprint density at radius 3 is 2.11 bits per heavy atom. The average Bonchev–Trinajstić information content (AvgIpc) is 2.57. The fraction of sp³-hybridized carbons (Fsp3) is 0.524. The highest BCUT2D eigenvalue weighted by molar-refractivity contribution is 6.24. The van der Waals surface area contributed by atoms with Gasteiger partial charge in [0.2, 0.25) is 0 Å². The highest BCUT2D eigenvalue weighted by Gasteiger charge is 2.29. The quantitative estimate of drug-likeness (QED) is 0.533. The SMILES string of the molecule is CC1=C(C)C(=O)C(CC[C@@](C)(O)CC/C=C(\F)CCC=C(F)F)=C(C)C1=O. The van der Waals surface area contributed by atoms with Gasteiger partial charge in [-0.1, -0.05) is 6.08 Å². The lowest BCUT2D eigenvalue weighted by atomic mass is 9.82. The third kappa shape index (κ3) is 6.94. The van der Waals surface area contributed by atoms with Crippen LogP contribution in [0.2, 0.25) is 0 Å². The summed E-state index contributed by atoms with van der Waals surface area (Å²) in [4.78, 5) is 24.6. The molecule has 0 amide bonds. The van der Waals surface area contributed by atoms with Crippen LogP contribution < -0.4 is 0 Å². The Kier molecular flexibility index (Phi) is 8.41. The van der Waals surface area contributed by atoms with Gasteiger partial charge in [-0.05, 0) is 65.9 Å². The Morgan fingerprint density at radius 2 is 1.52 bits per heavy atom. The molecule has 1 N–H and O–H groups in total. The van der Waals surface area contributed by atoms with Crippen LogP contribution in [0.1, 0.15) is 66.2 Å². The van der Waals surface area contributed by atoms with Crippen LogP contribution in [0, 0.1) is 0 Å². The van der Waals surface area contributed by atoms with Gasteiger partial charge in [0.1, 0.15) is 0 Å². The van der Waals surface area contributed by atoms with Crippen LogP contribution in [0.15, 0.2) is 46.4 Å². The Bertz CT molecular complexity index is 721. The first-order chi connectivity index (χ1) is 12.5. The highest BCUT2D eigenvalue weighted by atomic mass is 19.3. The number of allylic oxidation sites excluding steroid dienone is 7. The number of Topliss-reactive ketones (excluding diaryl/α,β-unsaturated/α-hetero) is 2. The lowest BCUT2D eigenvalue weighted by Gasteiger charge is -2.25. The second-order valence-electron chi connectivity index (χ2n) is 7.23. The zero-order valence-electron chi connectivity index (χ0n) is 16.3. The van der Waals surface area contributed by atoms with E-state index >= 15 is 0 Å². The lowest BCUT2D eigenvalue weighted by molar-refractivity contribution is -0.116. The predicted octanol–water partition coefficient (Wildman–Crippen LogP) is 5.52. The van der Waals surface area contributed by atoms with E-state index in [-0.39, 0.29) is 50.1 Å². The van der Waals surface area contributed by atoms with Crippen molar-refractivity contribution in [1.29, 1.82) is 0 Å². The summed E-state index contributed by atoms with van der Waals surface area (Å²) >= 11 is 0. The Hall–Kier alpha value is -1.95. The predicted molar refractivity (Wildman–Crippen MR) is 98.9 cm³/mol. The maximum absolute atomic E-state index is 13.5. The van der Waals surface area contributed by atoms with Crippen molar-refractivity contribution < 1.29 is 27.9 Å². The maximum atomic E-state index is 13.5. The molecule has 0 unspecified atom stereocenters. The Morgan fingerprint density at radius 1 is 0.926 bits per heavy atom. The molecule has 0 bridgehead atoms. The molecule has 0 saturated heterocycles. The third-order valence-electron chi connectivity index (χ3n) is 4.96. The van der Waals surface area contributed by atoms with E-state index in [0.717, 1.165) is 0 Å². The first-order valence-electron chi connectivity index (χ1n) is 9.01. The number of carbonyl (C=O) groups is 2. The van der Waals surface area contributed by atoms with Crippen LogP contribution in [0.4, 0.5) is 13.2 Å². The van der Waals surface area contributed by atoms with E-state index in [4.69, 9.17) is 0 Å². The summed E-state index contributed by atoms with van der Waals surface area (Å²) in [5.41, 5.74) is 0.589. The minimum absolute atomic E-state index is 0.0725. The van der Waals surface area contributed by atoms with Crippen molar-refractivity contribution in [3.8, 4) is 0 Å². The smallest absolute Gasteiger partial charge is 0.266 e. The molecule has 3 nitrogen and oxygen atoms in total. The molecule has 1 aliphatic carbocycles. The Balaban J connectivity index is 2.60. The third-order valence-corrected chi connectivity index (χ3v) is 4.96. The van der Waals surface area contributed by atoms with Crippen molar-refractivity contribution in [1.82, 2.24) is 0 Å². The summed E-state index contributed by atoms with van der Waals surface area (Å²) < 4.78 is 37.3. The van der Waals surface area contributed by atoms with E-state index in [1.165, 1.54) is 6.08 Å². The fourth-order valence-electron chi connectivity index (χ4n) is 2.94. The number of aliphatic hydroxyl groups is 1. The summed E-state index contributed by atoms with van der Waals surface area (Å²) in [6.45, 7) is 6.47. The molecule has 6 heteroatoms. The van der Waals surface area contributed by atoms with Gasteiger partial charge in [-0.2, -0.15) is 8.78 Å². The molecule has 150 valence electrons. The molecular weight excluding hydrogens is 357 g/mol. The van der Waals surface area contributed by atoms with Gasteiger partial charge in [0.05, 0.1) is 11.4 Å². The number of halogens is 3. The van der Waals surface area contributed by atoms with Crippen LogP contribution in [0.25, 0.3) is 0 Å². The van der Waals surface area contributed by atoms with Gasteiger partial charge in [0.25, 0.3) is 6.08 Å². The van der Waals surface area contributed by atoms with E-state index in [2.05, 4.69) is 0 Å². The van der Waals surface area contributed by atoms with Crippen molar-refractivity contribution in [3.63, 3.8) is 0 Å². The molecule has 0 heterocycles.